The molecule has 3 N–H and O–H groups in total. The maximum atomic E-state index is 11.8. The lowest BCUT2D eigenvalue weighted by Gasteiger charge is -2.16. The summed E-state index contributed by atoms with van der Waals surface area (Å²) in [5.74, 6) is 1.49. The van der Waals surface area contributed by atoms with Gasteiger partial charge in [0, 0.05) is 24.6 Å². The van der Waals surface area contributed by atoms with Crippen LogP contribution >= 0.6 is 0 Å². The summed E-state index contributed by atoms with van der Waals surface area (Å²) in [6, 6.07) is 3.49. The minimum Gasteiger partial charge on any atom is -0.496 e. The quantitative estimate of drug-likeness (QED) is 0.777. The number of hydrogen-bond acceptors (Lipinski definition) is 5. The summed E-state index contributed by atoms with van der Waals surface area (Å²) < 4.78 is 15.8. The van der Waals surface area contributed by atoms with Crippen LogP contribution < -0.4 is 25.3 Å². The van der Waals surface area contributed by atoms with Crippen LogP contribution in [-0.2, 0) is 11.3 Å². The molecule has 0 saturated heterocycles. The number of ether oxygens (including phenoxy) is 3. The van der Waals surface area contributed by atoms with E-state index >= 15 is 0 Å². The second-order valence-electron chi connectivity index (χ2n) is 4.37. The van der Waals surface area contributed by atoms with Gasteiger partial charge in [0.15, 0.2) is 0 Å². The van der Waals surface area contributed by atoms with Gasteiger partial charge in [0.05, 0.1) is 33.4 Å². The Kier molecular flexibility index (Phi) is 6.11. The molecule has 0 saturated carbocycles. The number of methoxy groups -OCH3 is 3. The number of carbonyl (C=O) groups is 1. The second kappa shape index (κ2) is 7.59. The van der Waals surface area contributed by atoms with E-state index in [1.54, 1.807) is 40.4 Å². The summed E-state index contributed by atoms with van der Waals surface area (Å²) in [6.07, 6.45) is 0. The van der Waals surface area contributed by atoms with Gasteiger partial charge in [-0.15, -0.1) is 0 Å². The number of benzene rings is 1. The predicted molar refractivity (Wildman–Crippen MR) is 76.2 cm³/mol. The summed E-state index contributed by atoms with van der Waals surface area (Å²) in [4.78, 5) is 11.8. The van der Waals surface area contributed by atoms with Gasteiger partial charge in [-0.1, -0.05) is 6.92 Å². The zero-order chi connectivity index (χ0) is 15.1. The smallest absolute Gasteiger partial charge is 0.224 e. The summed E-state index contributed by atoms with van der Waals surface area (Å²) >= 11 is 0. The van der Waals surface area contributed by atoms with Crippen molar-refractivity contribution in [2.75, 3.05) is 27.9 Å². The summed E-state index contributed by atoms with van der Waals surface area (Å²) in [5.41, 5.74) is 6.22. The highest BCUT2D eigenvalue weighted by Crippen LogP contribution is 2.33. The first-order valence-corrected chi connectivity index (χ1v) is 6.34. The number of carbonyl (C=O) groups excluding carboxylic acids is 1. The van der Waals surface area contributed by atoms with Crippen LogP contribution in [0.4, 0.5) is 0 Å². The van der Waals surface area contributed by atoms with Crippen LogP contribution in [0.2, 0.25) is 0 Å². The fraction of sp³-hybridized carbons (Fsp3) is 0.500. The average Bonchev–Trinajstić information content (AvgIpc) is 2.50. The van der Waals surface area contributed by atoms with E-state index in [0.29, 0.717) is 30.3 Å². The molecule has 1 unspecified atom stereocenters. The van der Waals surface area contributed by atoms with Crippen molar-refractivity contribution in [2.45, 2.75) is 13.5 Å². The lowest BCUT2D eigenvalue weighted by molar-refractivity contribution is -0.124. The van der Waals surface area contributed by atoms with Gasteiger partial charge in [0.2, 0.25) is 5.91 Å². The number of amides is 1. The minimum absolute atomic E-state index is 0.104. The van der Waals surface area contributed by atoms with Crippen molar-refractivity contribution in [3.05, 3.63) is 17.7 Å². The molecule has 1 amide bonds. The molecule has 1 rings (SSSR count). The fourth-order valence-corrected chi connectivity index (χ4v) is 1.71. The van der Waals surface area contributed by atoms with E-state index in [-0.39, 0.29) is 11.8 Å². The zero-order valence-corrected chi connectivity index (χ0v) is 12.4. The van der Waals surface area contributed by atoms with Crippen LogP contribution in [0.25, 0.3) is 0 Å². The third-order valence-electron chi connectivity index (χ3n) is 3.06. The van der Waals surface area contributed by atoms with Crippen LogP contribution in [0.5, 0.6) is 17.2 Å². The number of nitrogens with one attached hydrogen (secondary N) is 1. The standard InChI is InChI=1S/C14H22N2O4/c1-9(7-15)14(17)16-8-11-12(19-3)5-10(18-2)6-13(11)20-4/h5-6,9H,7-8,15H2,1-4H3,(H,16,17). The van der Waals surface area contributed by atoms with Crippen LogP contribution in [-0.4, -0.2) is 33.8 Å². The first kappa shape index (κ1) is 16.1. The highest BCUT2D eigenvalue weighted by molar-refractivity contribution is 5.78. The molecule has 0 aliphatic carbocycles. The van der Waals surface area contributed by atoms with Crippen molar-refractivity contribution < 1.29 is 19.0 Å². The lowest BCUT2D eigenvalue weighted by Crippen LogP contribution is -2.33. The van der Waals surface area contributed by atoms with E-state index in [4.69, 9.17) is 19.9 Å². The number of hydrogen-bond donors (Lipinski definition) is 2. The van der Waals surface area contributed by atoms with Gasteiger partial charge in [-0.05, 0) is 0 Å². The monoisotopic (exact) mass is 282 g/mol. The fourth-order valence-electron chi connectivity index (χ4n) is 1.71. The average molecular weight is 282 g/mol. The molecule has 6 heteroatoms. The van der Waals surface area contributed by atoms with Crippen LogP contribution in [0, 0.1) is 5.92 Å². The first-order chi connectivity index (χ1) is 9.57. The van der Waals surface area contributed by atoms with E-state index in [9.17, 15) is 4.79 Å². The predicted octanol–water partition coefficient (Wildman–Crippen LogP) is 0.923. The van der Waals surface area contributed by atoms with E-state index in [2.05, 4.69) is 5.32 Å². The summed E-state index contributed by atoms with van der Waals surface area (Å²) in [7, 11) is 4.68. The van der Waals surface area contributed by atoms with Gasteiger partial charge < -0.3 is 25.3 Å². The van der Waals surface area contributed by atoms with E-state index in [0.717, 1.165) is 5.56 Å². The van der Waals surface area contributed by atoms with Crippen molar-refractivity contribution in [3.63, 3.8) is 0 Å². The molecule has 1 aromatic rings. The van der Waals surface area contributed by atoms with Crippen LogP contribution in [0.3, 0.4) is 0 Å². The Labute approximate surface area is 119 Å². The van der Waals surface area contributed by atoms with Crippen molar-refractivity contribution >= 4 is 5.91 Å². The Morgan fingerprint density at radius 2 is 1.75 bits per heavy atom. The highest BCUT2D eigenvalue weighted by Gasteiger charge is 2.16. The Morgan fingerprint density at radius 3 is 2.15 bits per heavy atom. The molecule has 0 heterocycles. The van der Waals surface area contributed by atoms with Gasteiger partial charge >= 0.3 is 0 Å². The largest absolute Gasteiger partial charge is 0.496 e. The third kappa shape index (κ3) is 3.77. The molecule has 0 spiro atoms. The molecular formula is C14H22N2O4. The molecule has 0 radical (unpaired) electrons. The molecule has 0 aliphatic heterocycles. The summed E-state index contributed by atoms with van der Waals surface area (Å²) in [5, 5.41) is 2.82. The molecular weight excluding hydrogens is 260 g/mol. The van der Waals surface area contributed by atoms with Gasteiger partial charge in [-0.25, -0.2) is 0 Å². The maximum absolute atomic E-state index is 11.8. The SMILES string of the molecule is COc1cc(OC)c(CNC(=O)C(C)CN)c(OC)c1. The Morgan fingerprint density at radius 1 is 1.20 bits per heavy atom. The van der Waals surface area contributed by atoms with Gasteiger partial charge in [-0.3, -0.25) is 4.79 Å². The Bertz CT molecular complexity index is 437. The molecule has 0 aromatic heterocycles. The number of rotatable bonds is 7. The third-order valence-corrected chi connectivity index (χ3v) is 3.06. The van der Waals surface area contributed by atoms with Crippen molar-refractivity contribution in [2.24, 2.45) is 11.7 Å². The molecule has 6 nitrogen and oxygen atoms in total. The van der Waals surface area contributed by atoms with Crippen molar-refractivity contribution in [3.8, 4) is 17.2 Å². The highest BCUT2D eigenvalue weighted by atomic mass is 16.5. The van der Waals surface area contributed by atoms with Crippen molar-refractivity contribution in [1.29, 1.82) is 0 Å². The maximum Gasteiger partial charge on any atom is 0.224 e. The van der Waals surface area contributed by atoms with Gasteiger partial charge in [-0.2, -0.15) is 0 Å². The number of nitrogens with two attached hydrogens (primary N) is 1. The van der Waals surface area contributed by atoms with Crippen LogP contribution in [0.15, 0.2) is 12.1 Å². The second-order valence-corrected chi connectivity index (χ2v) is 4.37. The van der Waals surface area contributed by atoms with E-state index in [1.807, 2.05) is 0 Å². The van der Waals surface area contributed by atoms with Crippen LogP contribution in [0.1, 0.15) is 12.5 Å². The van der Waals surface area contributed by atoms with Crippen molar-refractivity contribution in [1.82, 2.24) is 5.32 Å². The zero-order valence-electron chi connectivity index (χ0n) is 12.4. The minimum atomic E-state index is -0.231. The topological polar surface area (TPSA) is 82.8 Å². The van der Waals surface area contributed by atoms with Gasteiger partial charge in [0.1, 0.15) is 17.2 Å². The lowest BCUT2D eigenvalue weighted by atomic mass is 10.1. The van der Waals surface area contributed by atoms with E-state index in [1.165, 1.54) is 0 Å². The molecule has 1 aromatic carbocycles. The molecule has 0 aliphatic rings. The summed E-state index contributed by atoms with van der Waals surface area (Å²) in [6.45, 7) is 2.39. The molecule has 20 heavy (non-hydrogen) atoms. The van der Waals surface area contributed by atoms with E-state index < -0.39 is 0 Å². The molecule has 0 bridgehead atoms. The Hall–Kier alpha value is -1.95. The molecule has 112 valence electrons. The Balaban J connectivity index is 2.95. The first-order valence-electron chi connectivity index (χ1n) is 6.34. The molecule has 0 fully saturated rings. The van der Waals surface area contributed by atoms with Gasteiger partial charge in [0.25, 0.3) is 0 Å². The molecule has 1 atom stereocenters. The normalized spacial score (nSPS) is 11.7.